The number of nitrogens with two attached hydrogens (primary N) is 1. The summed E-state index contributed by atoms with van der Waals surface area (Å²) in [6, 6.07) is 17.5. The summed E-state index contributed by atoms with van der Waals surface area (Å²) < 4.78 is 0. The van der Waals surface area contributed by atoms with Gasteiger partial charge < -0.3 is 16.4 Å². The number of carbonyl (C=O) groups excluding carboxylic acids is 2. The number of carbonyl (C=O) groups is 2. The van der Waals surface area contributed by atoms with Crippen molar-refractivity contribution in [3.63, 3.8) is 0 Å². The van der Waals surface area contributed by atoms with Crippen molar-refractivity contribution >= 4 is 24.2 Å². The Morgan fingerprint density at radius 3 is 2.08 bits per heavy atom. The van der Waals surface area contributed by atoms with Gasteiger partial charge in [0.25, 0.3) is 5.91 Å². The highest BCUT2D eigenvalue weighted by molar-refractivity contribution is 5.94. The molecule has 0 aromatic heterocycles. The molecule has 0 fully saturated rings. The Morgan fingerprint density at radius 1 is 1.00 bits per heavy atom. The molecule has 6 heteroatoms. The van der Waals surface area contributed by atoms with E-state index in [1.165, 1.54) is 0 Å². The molecular weight excluding hydrogens is 326 g/mol. The molecule has 0 aliphatic carbocycles. The molecule has 2 unspecified atom stereocenters. The number of rotatable bonds is 6. The van der Waals surface area contributed by atoms with Gasteiger partial charge in [0.05, 0.1) is 12.1 Å². The van der Waals surface area contributed by atoms with Gasteiger partial charge in [0.2, 0.25) is 5.91 Å². The Bertz CT molecular complexity index is 648. The van der Waals surface area contributed by atoms with Crippen LogP contribution in [0.5, 0.6) is 0 Å². The number of halogens is 1. The minimum Gasteiger partial charge on any atom is -0.350 e. The molecule has 24 heavy (non-hydrogen) atoms. The van der Waals surface area contributed by atoms with Crippen LogP contribution in [0.25, 0.3) is 0 Å². The molecule has 2 aromatic carbocycles. The van der Waals surface area contributed by atoms with Crippen LogP contribution in [0.2, 0.25) is 0 Å². The third-order valence-electron chi connectivity index (χ3n) is 3.43. The largest absolute Gasteiger partial charge is 0.350 e. The SMILES string of the molecule is CC(N)C(=O)NC(CNC(=O)c1ccccc1)c1ccccc1.Cl. The number of hydrogen-bond acceptors (Lipinski definition) is 3. The van der Waals surface area contributed by atoms with Crippen LogP contribution in [0.3, 0.4) is 0 Å². The maximum atomic E-state index is 12.2. The van der Waals surface area contributed by atoms with E-state index in [-0.39, 0.29) is 36.8 Å². The van der Waals surface area contributed by atoms with Gasteiger partial charge in [-0.25, -0.2) is 0 Å². The normalized spacial score (nSPS) is 12.4. The molecule has 4 N–H and O–H groups in total. The predicted molar refractivity (Wildman–Crippen MR) is 97.0 cm³/mol. The minimum atomic E-state index is -0.606. The average Bonchev–Trinajstić information content (AvgIpc) is 2.59. The summed E-state index contributed by atoms with van der Waals surface area (Å²) in [7, 11) is 0. The van der Waals surface area contributed by atoms with Crippen LogP contribution in [0.15, 0.2) is 60.7 Å². The molecule has 128 valence electrons. The maximum absolute atomic E-state index is 12.2. The quantitative estimate of drug-likeness (QED) is 0.747. The maximum Gasteiger partial charge on any atom is 0.251 e. The van der Waals surface area contributed by atoms with Crippen LogP contribution in [-0.2, 0) is 4.79 Å². The van der Waals surface area contributed by atoms with Crippen molar-refractivity contribution in [2.75, 3.05) is 6.54 Å². The fourth-order valence-electron chi connectivity index (χ4n) is 2.13. The predicted octanol–water partition coefficient (Wildman–Crippen LogP) is 2.04. The topological polar surface area (TPSA) is 84.2 Å². The monoisotopic (exact) mass is 347 g/mol. The van der Waals surface area contributed by atoms with Crippen LogP contribution in [-0.4, -0.2) is 24.4 Å². The van der Waals surface area contributed by atoms with Crippen molar-refractivity contribution in [3.8, 4) is 0 Å². The Hall–Kier alpha value is -2.37. The third kappa shape index (κ3) is 5.68. The van der Waals surface area contributed by atoms with E-state index < -0.39 is 6.04 Å². The minimum absolute atomic E-state index is 0. The van der Waals surface area contributed by atoms with Gasteiger partial charge in [-0.2, -0.15) is 0 Å². The highest BCUT2D eigenvalue weighted by Gasteiger charge is 2.17. The van der Waals surface area contributed by atoms with E-state index in [0.717, 1.165) is 5.56 Å². The zero-order chi connectivity index (χ0) is 16.7. The highest BCUT2D eigenvalue weighted by atomic mass is 35.5. The molecule has 0 aliphatic rings. The lowest BCUT2D eigenvalue weighted by atomic mass is 10.1. The van der Waals surface area contributed by atoms with Crippen molar-refractivity contribution in [1.29, 1.82) is 0 Å². The average molecular weight is 348 g/mol. The van der Waals surface area contributed by atoms with Gasteiger partial charge in [0, 0.05) is 12.1 Å². The van der Waals surface area contributed by atoms with Crippen molar-refractivity contribution in [2.24, 2.45) is 5.73 Å². The van der Waals surface area contributed by atoms with Crippen LogP contribution in [0, 0.1) is 0 Å². The van der Waals surface area contributed by atoms with Gasteiger partial charge in [0.1, 0.15) is 0 Å². The molecule has 2 aromatic rings. The Kier molecular flexibility index (Phi) is 7.95. The van der Waals surface area contributed by atoms with Crippen molar-refractivity contribution in [3.05, 3.63) is 71.8 Å². The molecule has 0 heterocycles. The molecule has 2 atom stereocenters. The molecule has 5 nitrogen and oxygen atoms in total. The Balaban J connectivity index is 0.00000288. The van der Waals surface area contributed by atoms with E-state index in [0.29, 0.717) is 5.56 Å². The summed E-state index contributed by atoms with van der Waals surface area (Å²) in [5.74, 6) is -0.436. The fraction of sp³-hybridized carbons (Fsp3) is 0.222. The first-order valence-electron chi connectivity index (χ1n) is 7.52. The second-order valence-corrected chi connectivity index (χ2v) is 5.34. The first-order chi connectivity index (χ1) is 11.1. The smallest absolute Gasteiger partial charge is 0.251 e. The van der Waals surface area contributed by atoms with Crippen LogP contribution in [0.4, 0.5) is 0 Å². The first-order valence-corrected chi connectivity index (χ1v) is 7.52. The lowest BCUT2D eigenvalue weighted by Crippen LogP contribution is -2.44. The van der Waals surface area contributed by atoms with Gasteiger partial charge >= 0.3 is 0 Å². The second-order valence-electron chi connectivity index (χ2n) is 5.34. The lowest BCUT2D eigenvalue weighted by molar-refractivity contribution is -0.122. The van der Waals surface area contributed by atoms with Crippen molar-refractivity contribution < 1.29 is 9.59 Å². The first kappa shape index (κ1) is 19.7. The Labute approximate surface area is 148 Å². The molecule has 0 saturated heterocycles. The van der Waals surface area contributed by atoms with E-state index in [4.69, 9.17) is 5.73 Å². The van der Waals surface area contributed by atoms with E-state index in [1.807, 2.05) is 48.5 Å². The molecule has 2 rings (SSSR count). The van der Waals surface area contributed by atoms with Crippen molar-refractivity contribution in [1.82, 2.24) is 10.6 Å². The van der Waals surface area contributed by atoms with Crippen molar-refractivity contribution in [2.45, 2.75) is 19.0 Å². The second kappa shape index (κ2) is 9.70. The fourth-order valence-corrected chi connectivity index (χ4v) is 2.13. The van der Waals surface area contributed by atoms with Gasteiger partial charge in [-0.3, -0.25) is 9.59 Å². The molecule has 0 saturated carbocycles. The van der Waals surface area contributed by atoms with E-state index in [1.54, 1.807) is 19.1 Å². The molecule has 2 amide bonds. The Morgan fingerprint density at radius 2 is 1.54 bits per heavy atom. The molecular formula is C18H22ClN3O2. The summed E-state index contributed by atoms with van der Waals surface area (Å²) >= 11 is 0. The highest BCUT2D eigenvalue weighted by Crippen LogP contribution is 2.12. The molecule has 0 spiro atoms. The lowest BCUT2D eigenvalue weighted by Gasteiger charge is -2.21. The van der Waals surface area contributed by atoms with Crippen LogP contribution < -0.4 is 16.4 Å². The number of nitrogens with one attached hydrogen (secondary N) is 2. The van der Waals surface area contributed by atoms with E-state index in [9.17, 15) is 9.59 Å². The summed E-state index contributed by atoms with van der Waals surface area (Å²) in [5, 5.41) is 5.71. The molecule has 0 radical (unpaired) electrons. The standard InChI is InChI=1S/C18H21N3O2.ClH/c1-13(19)17(22)21-16(14-8-4-2-5-9-14)12-20-18(23)15-10-6-3-7-11-15;/h2-11,13,16H,12,19H2,1H3,(H,20,23)(H,21,22);1H. The summed E-state index contributed by atoms with van der Waals surface area (Å²) in [6.07, 6.45) is 0. The number of benzene rings is 2. The molecule has 0 bridgehead atoms. The number of amides is 2. The van der Waals surface area contributed by atoms with Gasteiger partial charge in [-0.15, -0.1) is 12.4 Å². The number of hydrogen-bond donors (Lipinski definition) is 3. The van der Waals surface area contributed by atoms with Gasteiger partial charge in [0.15, 0.2) is 0 Å². The van der Waals surface area contributed by atoms with E-state index in [2.05, 4.69) is 10.6 Å². The van der Waals surface area contributed by atoms with Gasteiger partial charge in [-0.1, -0.05) is 48.5 Å². The zero-order valence-electron chi connectivity index (χ0n) is 13.4. The summed E-state index contributed by atoms with van der Waals surface area (Å²) in [5.41, 5.74) is 7.10. The van der Waals surface area contributed by atoms with Gasteiger partial charge in [-0.05, 0) is 24.6 Å². The molecule has 0 aliphatic heterocycles. The zero-order valence-corrected chi connectivity index (χ0v) is 14.3. The van der Waals surface area contributed by atoms with E-state index >= 15 is 0 Å². The summed E-state index contributed by atoms with van der Waals surface area (Å²) in [6.45, 7) is 1.91. The van der Waals surface area contributed by atoms with Crippen LogP contribution >= 0.6 is 12.4 Å². The third-order valence-corrected chi connectivity index (χ3v) is 3.43. The summed E-state index contributed by atoms with van der Waals surface area (Å²) in [4.78, 5) is 24.0. The van der Waals surface area contributed by atoms with Crippen LogP contribution in [0.1, 0.15) is 28.9 Å².